The number of aryl methyl sites for hydroxylation is 1. The van der Waals surface area contributed by atoms with Crippen LogP contribution in [0, 0.1) is 28.4 Å². The van der Waals surface area contributed by atoms with Gasteiger partial charge < -0.3 is 9.47 Å². The Morgan fingerprint density at radius 1 is 1.19 bits per heavy atom. The molecule has 0 N–H and O–H groups in total. The van der Waals surface area contributed by atoms with E-state index in [1.54, 1.807) is 31.4 Å². The first-order valence-corrected chi connectivity index (χ1v) is 10.1. The van der Waals surface area contributed by atoms with Crippen molar-refractivity contribution in [2.45, 2.75) is 13.5 Å². The summed E-state index contributed by atoms with van der Waals surface area (Å²) in [5.74, 6) is 1.09. The maximum atomic E-state index is 10.8. The van der Waals surface area contributed by atoms with E-state index >= 15 is 0 Å². The zero-order valence-electron chi connectivity index (χ0n) is 17.0. The van der Waals surface area contributed by atoms with Crippen LogP contribution in [0.1, 0.15) is 22.3 Å². The van der Waals surface area contributed by atoms with Gasteiger partial charge >= 0.3 is 0 Å². The van der Waals surface area contributed by atoms with Crippen LogP contribution >= 0.6 is 15.9 Å². The summed E-state index contributed by atoms with van der Waals surface area (Å²) in [5.41, 5.74) is 3.85. The number of hydrogen-bond acceptors (Lipinski definition) is 5. The monoisotopic (exact) mass is 478 g/mol. The van der Waals surface area contributed by atoms with Gasteiger partial charge in [-0.3, -0.25) is 10.1 Å². The van der Waals surface area contributed by atoms with Crippen molar-refractivity contribution in [1.82, 2.24) is 0 Å². The molecule has 0 fully saturated rings. The maximum Gasteiger partial charge on any atom is 0.269 e. The molecule has 0 aromatic heterocycles. The Hall–Kier alpha value is -3.63. The molecule has 0 bridgehead atoms. The average molecular weight is 479 g/mol. The van der Waals surface area contributed by atoms with Crippen LogP contribution in [-0.2, 0) is 6.61 Å². The van der Waals surface area contributed by atoms with Crippen molar-refractivity contribution in [3.8, 4) is 17.6 Å². The van der Waals surface area contributed by atoms with E-state index in [4.69, 9.17) is 9.47 Å². The first kappa shape index (κ1) is 22.1. The highest BCUT2D eigenvalue weighted by Crippen LogP contribution is 2.38. The van der Waals surface area contributed by atoms with Crippen LogP contribution < -0.4 is 9.47 Å². The third-order valence-electron chi connectivity index (χ3n) is 4.54. The molecule has 0 spiro atoms. The lowest BCUT2D eigenvalue weighted by atomic mass is 10.0. The lowest BCUT2D eigenvalue weighted by Crippen LogP contribution is -1.99. The maximum absolute atomic E-state index is 10.8. The molecule has 6 nitrogen and oxygen atoms in total. The molecule has 0 aliphatic carbocycles. The number of halogens is 1. The minimum atomic E-state index is -0.475. The molecule has 3 aromatic rings. The molecule has 0 aliphatic heterocycles. The van der Waals surface area contributed by atoms with Gasteiger partial charge in [0.05, 0.1) is 28.1 Å². The van der Waals surface area contributed by atoms with Crippen LogP contribution in [-0.4, -0.2) is 12.0 Å². The zero-order valence-corrected chi connectivity index (χ0v) is 18.5. The minimum absolute atomic E-state index is 0.0273. The smallest absolute Gasteiger partial charge is 0.269 e. The lowest BCUT2D eigenvalue weighted by molar-refractivity contribution is -0.384. The van der Waals surface area contributed by atoms with E-state index in [2.05, 4.69) is 28.1 Å². The van der Waals surface area contributed by atoms with Gasteiger partial charge in [0.1, 0.15) is 6.61 Å². The molecule has 0 heterocycles. The number of nitriles is 1. The van der Waals surface area contributed by atoms with Gasteiger partial charge in [-0.05, 0) is 69.9 Å². The molecular formula is C24H19BrN2O4. The van der Waals surface area contributed by atoms with Crippen LogP contribution in [0.3, 0.4) is 0 Å². The molecule has 0 aliphatic rings. The predicted molar refractivity (Wildman–Crippen MR) is 123 cm³/mol. The highest BCUT2D eigenvalue weighted by Gasteiger charge is 2.13. The quantitative estimate of drug-likeness (QED) is 0.171. The molecule has 0 saturated heterocycles. The number of non-ortho nitro benzene ring substituents is 1. The normalized spacial score (nSPS) is 11.0. The van der Waals surface area contributed by atoms with Gasteiger partial charge in [-0.25, -0.2) is 0 Å². The number of rotatable bonds is 7. The van der Waals surface area contributed by atoms with Crippen LogP contribution in [0.25, 0.3) is 11.6 Å². The molecule has 31 heavy (non-hydrogen) atoms. The van der Waals surface area contributed by atoms with Gasteiger partial charge in [0, 0.05) is 12.1 Å². The van der Waals surface area contributed by atoms with E-state index in [9.17, 15) is 15.4 Å². The van der Waals surface area contributed by atoms with E-state index in [0.29, 0.717) is 33.7 Å². The van der Waals surface area contributed by atoms with Crippen LogP contribution in [0.15, 0.2) is 65.1 Å². The molecule has 0 atom stereocenters. The Morgan fingerprint density at radius 3 is 2.55 bits per heavy atom. The Morgan fingerprint density at radius 2 is 1.94 bits per heavy atom. The van der Waals surface area contributed by atoms with Crippen LogP contribution in [0.4, 0.5) is 5.69 Å². The summed E-state index contributed by atoms with van der Waals surface area (Å²) >= 11 is 3.53. The third-order valence-corrected chi connectivity index (χ3v) is 5.13. The Balaban J connectivity index is 1.88. The Labute approximate surface area is 188 Å². The highest BCUT2D eigenvalue weighted by atomic mass is 79.9. The van der Waals surface area contributed by atoms with Crippen molar-refractivity contribution in [3.63, 3.8) is 0 Å². The first-order chi connectivity index (χ1) is 14.9. The van der Waals surface area contributed by atoms with Crippen molar-refractivity contribution in [2.24, 2.45) is 0 Å². The standard InChI is InChI=1S/C24H19BrN2O4/c1-16-4-3-5-17(10-16)15-31-24-22(25)12-18(13-23(24)30-2)11-20(14-26)19-6-8-21(9-7-19)27(28)29/h3-13H,15H2,1-2H3/b20-11-. The third kappa shape index (κ3) is 5.50. The molecule has 3 aromatic carbocycles. The molecular weight excluding hydrogens is 460 g/mol. The summed E-state index contributed by atoms with van der Waals surface area (Å²) < 4.78 is 12.2. The Bertz CT molecular complexity index is 1180. The summed E-state index contributed by atoms with van der Waals surface area (Å²) in [7, 11) is 1.55. The topological polar surface area (TPSA) is 85.4 Å². The van der Waals surface area contributed by atoms with Crippen LogP contribution in [0.5, 0.6) is 11.5 Å². The summed E-state index contributed by atoms with van der Waals surface area (Å²) in [5, 5.41) is 20.4. The number of nitrogens with zero attached hydrogens (tertiary/aromatic N) is 2. The largest absolute Gasteiger partial charge is 0.493 e. The van der Waals surface area contributed by atoms with Gasteiger partial charge in [-0.15, -0.1) is 0 Å². The fourth-order valence-corrected chi connectivity index (χ4v) is 3.60. The number of nitro groups is 1. The Kier molecular flexibility index (Phi) is 7.06. The molecule has 0 unspecified atom stereocenters. The van der Waals surface area contributed by atoms with Crippen molar-refractivity contribution >= 4 is 33.3 Å². The number of methoxy groups -OCH3 is 1. The zero-order chi connectivity index (χ0) is 22.4. The predicted octanol–water partition coefficient (Wildman–Crippen LogP) is 6.32. The first-order valence-electron chi connectivity index (χ1n) is 9.33. The summed E-state index contributed by atoms with van der Waals surface area (Å²) in [6.07, 6.45) is 1.69. The fourth-order valence-electron chi connectivity index (χ4n) is 3.03. The van der Waals surface area contributed by atoms with Gasteiger partial charge in [-0.1, -0.05) is 29.8 Å². The molecule has 0 radical (unpaired) electrons. The van der Waals surface area contributed by atoms with E-state index in [-0.39, 0.29) is 5.69 Å². The molecule has 0 saturated carbocycles. The van der Waals surface area contributed by atoms with Gasteiger partial charge in [0.15, 0.2) is 11.5 Å². The lowest BCUT2D eigenvalue weighted by Gasteiger charge is -2.14. The van der Waals surface area contributed by atoms with Gasteiger partial charge in [0.25, 0.3) is 5.69 Å². The number of benzene rings is 3. The summed E-state index contributed by atoms with van der Waals surface area (Å²) in [6.45, 7) is 2.41. The van der Waals surface area contributed by atoms with Gasteiger partial charge in [0.2, 0.25) is 0 Å². The summed E-state index contributed by atoms with van der Waals surface area (Å²) in [6, 6.07) is 19.7. The van der Waals surface area contributed by atoms with Crippen molar-refractivity contribution in [1.29, 1.82) is 5.26 Å². The van der Waals surface area contributed by atoms with Crippen LogP contribution in [0.2, 0.25) is 0 Å². The number of allylic oxidation sites excluding steroid dienone is 1. The van der Waals surface area contributed by atoms with Crippen molar-refractivity contribution < 1.29 is 14.4 Å². The van der Waals surface area contributed by atoms with E-state index < -0.39 is 4.92 Å². The van der Waals surface area contributed by atoms with Gasteiger partial charge in [-0.2, -0.15) is 5.26 Å². The van der Waals surface area contributed by atoms with Crippen molar-refractivity contribution in [2.75, 3.05) is 7.11 Å². The second-order valence-corrected chi connectivity index (χ2v) is 7.64. The second kappa shape index (κ2) is 9.92. The summed E-state index contributed by atoms with van der Waals surface area (Å²) in [4.78, 5) is 10.4. The molecule has 0 amide bonds. The second-order valence-electron chi connectivity index (χ2n) is 6.79. The molecule has 3 rings (SSSR count). The minimum Gasteiger partial charge on any atom is -0.493 e. The highest BCUT2D eigenvalue weighted by molar-refractivity contribution is 9.10. The number of ether oxygens (including phenoxy) is 2. The average Bonchev–Trinajstić information content (AvgIpc) is 2.76. The fraction of sp³-hybridized carbons (Fsp3) is 0.125. The van der Waals surface area contributed by atoms with E-state index in [1.165, 1.54) is 12.1 Å². The number of hydrogen-bond donors (Lipinski definition) is 0. The van der Waals surface area contributed by atoms with Crippen molar-refractivity contribution in [3.05, 3.63) is 97.5 Å². The molecule has 156 valence electrons. The molecule has 7 heteroatoms. The van der Waals surface area contributed by atoms with E-state index in [1.807, 2.05) is 31.2 Å². The number of nitro benzene ring substituents is 1. The SMILES string of the molecule is COc1cc(/C=C(/C#N)c2ccc([N+](=O)[O-])cc2)cc(Br)c1OCc1cccc(C)c1. The van der Waals surface area contributed by atoms with E-state index in [0.717, 1.165) is 16.7 Å².